The number of hydrogen-bond acceptors (Lipinski definition) is 3. The topological polar surface area (TPSA) is 46.3 Å². The van der Waals surface area contributed by atoms with Crippen molar-refractivity contribution < 1.29 is 4.79 Å². The molecular formula is C12H24N2OS2. The number of nitrogens with two attached hydrogens (primary N) is 1. The van der Waals surface area contributed by atoms with E-state index in [1.54, 1.807) is 16.7 Å². The van der Waals surface area contributed by atoms with Gasteiger partial charge in [0.25, 0.3) is 0 Å². The Morgan fingerprint density at radius 1 is 1.47 bits per heavy atom. The second-order valence-electron chi connectivity index (χ2n) is 4.32. The highest BCUT2D eigenvalue weighted by atomic mass is 32.2. The third kappa shape index (κ3) is 5.73. The van der Waals surface area contributed by atoms with Gasteiger partial charge in [0.2, 0.25) is 5.91 Å². The Kier molecular flexibility index (Phi) is 8.60. The van der Waals surface area contributed by atoms with Gasteiger partial charge in [-0.25, -0.2) is 0 Å². The van der Waals surface area contributed by atoms with Crippen LogP contribution in [0.2, 0.25) is 0 Å². The van der Waals surface area contributed by atoms with Crippen LogP contribution in [0.5, 0.6) is 0 Å². The maximum Gasteiger partial charge on any atom is 0.232 e. The van der Waals surface area contributed by atoms with Gasteiger partial charge in [0.1, 0.15) is 0 Å². The molecule has 2 atom stereocenters. The van der Waals surface area contributed by atoms with E-state index in [1.807, 2.05) is 14.0 Å². The number of nitrogens with zero attached hydrogens (tertiary/aromatic N) is 1. The largest absolute Gasteiger partial charge is 0.393 e. The lowest BCUT2D eigenvalue weighted by Crippen LogP contribution is -2.43. The average Bonchev–Trinajstić information content (AvgIpc) is 2.30. The van der Waals surface area contributed by atoms with Crippen molar-refractivity contribution in [2.45, 2.75) is 39.2 Å². The fourth-order valence-corrected chi connectivity index (χ4v) is 2.42. The second kappa shape index (κ2) is 8.75. The summed E-state index contributed by atoms with van der Waals surface area (Å²) in [4.78, 5) is 14.3. The predicted molar refractivity (Wildman–Crippen MR) is 80.4 cm³/mol. The highest BCUT2D eigenvalue weighted by molar-refractivity contribution is 7.98. The first-order valence-corrected chi connectivity index (χ1v) is 7.80. The highest BCUT2D eigenvalue weighted by Crippen LogP contribution is 2.14. The van der Waals surface area contributed by atoms with Gasteiger partial charge in [-0.2, -0.15) is 11.8 Å². The molecule has 0 radical (unpaired) electrons. The fourth-order valence-electron chi connectivity index (χ4n) is 1.62. The van der Waals surface area contributed by atoms with E-state index < -0.39 is 0 Å². The van der Waals surface area contributed by atoms with Gasteiger partial charge in [0, 0.05) is 13.1 Å². The van der Waals surface area contributed by atoms with E-state index in [0.717, 1.165) is 25.0 Å². The number of carbonyl (C=O) groups is 1. The monoisotopic (exact) mass is 276 g/mol. The zero-order valence-electron chi connectivity index (χ0n) is 11.2. The molecule has 0 spiro atoms. The van der Waals surface area contributed by atoms with Crippen LogP contribution in [0.4, 0.5) is 0 Å². The standard InChI is InChI=1S/C12H24N2OS2/c1-5-6-10(11(13)16)12(15)14(3)9(2)7-8-17-4/h9-10H,5-8H2,1-4H3,(H2,13,16). The van der Waals surface area contributed by atoms with Gasteiger partial charge in [-0.05, 0) is 31.8 Å². The van der Waals surface area contributed by atoms with Crippen LogP contribution >= 0.6 is 24.0 Å². The number of thioether (sulfide) groups is 1. The zero-order chi connectivity index (χ0) is 13.4. The lowest BCUT2D eigenvalue weighted by Gasteiger charge is -2.28. The Labute approximate surface area is 114 Å². The fraction of sp³-hybridized carbons (Fsp3) is 0.833. The molecule has 1 amide bonds. The Morgan fingerprint density at radius 3 is 2.47 bits per heavy atom. The van der Waals surface area contributed by atoms with Crippen LogP contribution in [0.15, 0.2) is 0 Å². The molecule has 0 heterocycles. The summed E-state index contributed by atoms with van der Waals surface area (Å²) in [5.74, 6) is 0.828. The Hall–Kier alpha value is -0.290. The molecule has 0 saturated heterocycles. The molecule has 3 nitrogen and oxygen atoms in total. The van der Waals surface area contributed by atoms with Gasteiger partial charge in [0.15, 0.2) is 0 Å². The summed E-state index contributed by atoms with van der Waals surface area (Å²) in [5.41, 5.74) is 5.64. The summed E-state index contributed by atoms with van der Waals surface area (Å²) in [5, 5.41) is 0. The van der Waals surface area contributed by atoms with Crippen LogP contribution in [0.25, 0.3) is 0 Å². The van der Waals surface area contributed by atoms with Gasteiger partial charge in [-0.1, -0.05) is 25.6 Å². The first-order chi connectivity index (χ1) is 7.95. The molecule has 0 aliphatic carbocycles. The molecule has 0 aromatic carbocycles. The molecule has 2 unspecified atom stereocenters. The summed E-state index contributed by atoms with van der Waals surface area (Å²) in [6.45, 7) is 4.10. The van der Waals surface area contributed by atoms with E-state index in [2.05, 4.69) is 13.2 Å². The molecule has 0 aromatic heterocycles. The first-order valence-electron chi connectivity index (χ1n) is 6.00. The summed E-state index contributed by atoms with van der Waals surface area (Å²) < 4.78 is 0. The molecule has 0 aliphatic rings. The van der Waals surface area contributed by atoms with Crippen molar-refractivity contribution in [2.75, 3.05) is 19.1 Å². The van der Waals surface area contributed by atoms with E-state index >= 15 is 0 Å². The number of carbonyl (C=O) groups excluding carboxylic acids is 1. The average molecular weight is 276 g/mol. The minimum atomic E-state index is -0.295. The molecule has 5 heteroatoms. The van der Waals surface area contributed by atoms with Gasteiger partial charge >= 0.3 is 0 Å². The maximum atomic E-state index is 12.2. The summed E-state index contributed by atoms with van der Waals surface area (Å²) in [6, 6.07) is 0.239. The molecule has 0 fully saturated rings. The van der Waals surface area contributed by atoms with Crippen molar-refractivity contribution in [3.8, 4) is 0 Å². The van der Waals surface area contributed by atoms with Crippen LogP contribution in [0.3, 0.4) is 0 Å². The van der Waals surface area contributed by atoms with E-state index in [0.29, 0.717) is 4.99 Å². The van der Waals surface area contributed by atoms with Crippen molar-refractivity contribution >= 4 is 34.9 Å². The Morgan fingerprint density at radius 2 is 2.06 bits per heavy atom. The van der Waals surface area contributed by atoms with Gasteiger partial charge in [-0.3, -0.25) is 4.79 Å². The van der Waals surface area contributed by atoms with Gasteiger partial charge in [-0.15, -0.1) is 0 Å². The summed E-state index contributed by atoms with van der Waals surface area (Å²) in [6.07, 6.45) is 4.73. The lowest BCUT2D eigenvalue weighted by molar-refractivity contribution is -0.134. The molecule has 0 rings (SSSR count). The van der Waals surface area contributed by atoms with E-state index in [9.17, 15) is 4.79 Å². The number of thiocarbonyl (C=S) groups is 1. The van der Waals surface area contributed by atoms with Crippen LogP contribution < -0.4 is 5.73 Å². The molecule has 0 aliphatic heterocycles. The van der Waals surface area contributed by atoms with E-state index in [4.69, 9.17) is 18.0 Å². The smallest absolute Gasteiger partial charge is 0.232 e. The highest BCUT2D eigenvalue weighted by Gasteiger charge is 2.26. The molecule has 2 N–H and O–H groups in total. The van der Waals surface area contributed by atoms with E-state index in [1.165, 1.54) is 0 Å². The normalized spacial score (nSPS) is 14.1. The van der Waals surface area contributed by atoms with Crippen molar-refractivity contribution in [2.24, 2.45) is 11.7 Å². The molecule has 0 bridgehead atoms. The third-order valence-corrected chi connectivity index (χ3v) is 3.90. The van der Waals surface area contributed by atoms with Crippen LogP contribution in [-0.2, 0) is 4.79 Å². The lowest BCUT2D eigenvalue weighted by atomic mass is 10.0. The quantitative estimate of drug-likeness (QED) is 0.691. The molecular weight excluding hydrogens is 252 g/mol. The number of hydrogen-bond donors (Lipinski definition) is 1. The van der Waals surface area contributed by atoms with Crippen molar-refractivity contribution in [3.63, 3.8) is 0 Å². The third-order valence-electron chi connectivity index (χ3n) is 2.97. The molecule has 0 saturated carbocycles. The minimum Gasteiger partial charge on any atom is -0.393 e. The SMILES string of the molecule is CCCC(C(=O)N(C)C(C)CCSC)C(N)=S. The summed E-state index contributed by atoms with van der Waals surface area (Å²) in [7, 11) is 1.84. The van der Waals surface area contributed by atoms with Gasteiger partial charge < -0.3 is 10.6 Å². The molecule has 17 heavy (non-hydrogen) atoms. The second-order valence-corrected chi connectivity index (χ2v) is 5.78. The zero-order valence-corrected chi connectivity index (χ0v) is 12.9. The van der Waals surface area contributed by atoms with Crippen LogP contribution in [-0.4, -0.2) is 40.9 Å². The number of rotatable bonds is 8. The van der Waals surface area contributed by atoms with E-state index in [-0.39, 0.29) is 17.9 Å². The minimum absolute atomic E-state index is 0.0629. The number of amides is 1. The maximum absolute atomic E-state index is 12.2. The molecule has 100 valence electrons. The predicted octanol–water partition coefficient (Wildman–Crippen LogP) is 2.29. The Bertz CT molecular complexity index is 259. The van der Waals surface area contributed by atoms with Crippen LogP contribution in [0.1, 0.15) is 33.1 Å². The molecule has 0 aromatic rings. The summed E-state index contributed by atoms with van der Waals surface area (Å²) >= 11 is 6.77. The Balaban J connectivity index is 4.48. The van der Waals surface area contributed by atoms with Crippen molar-refractivity contribution in [3.05, 3.63) is 0 Å². The van der Waals surface area contributed by atoms with Crippen molar-refractivity contribution in [1.29, 1.82) is 0 Å². The van der Waals surface area contributed by atoms with Gasteiger partial charge in [0.05, 0.1) is 10.9 Å². The first kappa shape index (κ1) is 16.7. The van der Waals surface area contributed by atoms with Crippen molar-refractivity contribution in [1.82, 2.24) is 4.90 Å². The van der Waals surface area contributed by atoms with Crippen LogP contribution in [0, 0.1) is 5.92 Å².